The Morgan fingerprint density at radius 1 is 1.14 bits per heavy atom. The van der Waals surface area contributed by atoms with Gasteiger partial charge in [0.15, 0.2) is 0 Å². The fourth-order valence-electron chi connectivity index (χ4n) is 2.68. The van der Waals surface area contributed by atoms with E-state index in [0.717, 1.165) is 5.56 Å². The van der Waals surface area contributed by atoms with Crippen molar-refractivity contribution >= 4 is 11.8 Å². The van der Waals surface area contributed by atoms with E-state index in [4.69, 9.17) is 5.21 Å². The predicted molar refractivity (Wildman–Crippen MR) is 77.1 cm³/mol. The molecule has 1 fully saturated rings. The van der Waals surface area contributed by atoms with E-state index in [0.29, 0.717) is 5.56 Å². The van der Waals surface area contributed by atoms with Crippen molar-refractivity contribution in [1.82, 2.24) is 10.8 Å². The van der Waals surface area contributed by atoms with Crippen LogP contribution in [-0.2, 0) is 4.79 Å². The van der Waals surface area contributed by atoms with E-state index in [1.165, 1.54) is 5.48 Å². The molecule has 5 N–H and O–H groups in total. The van der Waals surface area contributed by atoms with E-state index >= 15 is 0 Å². The number of hydrogen-bond acceptors (Lipinski definition) is 5. The third-order valence-electron chi connectivity index (χ3n) is 4.03. The highest BCUT2D eigenvalue weighted by molar-refractivity contribution is 5.95. The number of hydroxylamine groups is 1. The second kappa shape index (κ2) is 6.87. The Labute approximate surface area is 127 Å². The maximum atomic E-state index is 12.2. The zero-order valence-electron chi connectivity index (χ0n) is 12.2. The van der Waals surface area contributed by atoms with Crippen LogP contribution in [0.4, 0.5) is 0 Å². The van der Waals surface area contributed by atoms with Gasteiger partial charge in [-0.3, -0.25) is 14.8 Å². The van der Waals surface area contributed by atoms with E-state index in [-0.39, 0.29) is 12.8 Å². The van der Waals surface area contributed by atoms with Crippen LogP contribution in [0.1, 0.15) is 28.8 Å². The van der Waals surface area contributed by atoms with Gasteiger partial charge in [-0.1, -0.05) is 17.7 Å². The number of amides is 2. The van der Waals surface area contributed by atoms with Gasteiger partial charge in [0.2, 0.25) is 5.91 Å². The highest BCUT2D eigenvalue weighted by atomic mass is 16.5. The molecule has 0 heterocycles. The number of carbonyl (C=O) groups is 2. The van der Waals surface area contributed by atoms with E-state index < -0.39 is 36.0 Å². The number of benzene rings is 1. The summed E-state index contributed by atoms with van der Waals surface area (Å²) >= 11 is 0. The van der Waals surface area contributed by atoms with Gasteiger partial charge in [0.25, 0.3) is 5.91 Å². The fraction of sp³-hybridized carbons (Fsp3) is 0.467. The van der Waals surface area contributed by atoms with Gasteiger partial charge >= 0.3 is 0 Å². The first-order valence-electron chi connectivity index (χ1n) is 7.11. The summed E-state index contributed by atoms with van der Waals surface area (Å²) in [6, 6.07) is 5.86. The quantitative estimate of drug-likeness (QED) is 0.389. The molecule has 0 spiro atoms. The maximum absolute atomic E-state index is 12.2. The van der Waals surface area contributed by atoms with Crippen LogP contribution < -0.4 is 10.8 Å². The molecule has 120 valence electrons. The first kappa shape index (κ1) is 16.4. The number of carbonyl (C=O) groups excluding carboxylic acids is 2. The molecule has 1 aromatic carbocycles. The van der Waals surface area contributed by atoms with Gasteiger partial charge < -0.3 is 15.5 Å². The van der Waals surface area contributed by atoms with Crippen LogP contribution in [0.15, 0.2) is 24.3 Å². The lowest BCUT2D eigenvalue weighted by atomic mass is 9.80. The van der Waals surface area contributed by atoms with E-state index in [1.54, 1.807) is 24.3 Å². The Morgan fingerprint density at radius 3 is 2.36 bits per heavy atom. The maximum Gasteiger partial charge on any atom is 0.251 e. The molecule has 2 amide bonds. The van der Waals surface area contributed by atoms with Gasteiger partial charge in [-0.25, -0.2) is 5.48 Å². The van der Waals surface area contributed by atoms with Crippen LogP contribution in [0.3, 0.4) is 0 Å². The first-order chi connectivity index (χ1) is 10.4. The number of aliphatic hydroxyl groups is 2. The van der Waals surface area contributed by atoms with Crippen LogP contribution in [0.25, 0.3) is 0 Å². The summed E-state index contributed by atoms with van der Waals surface area (Å²) < 4.78 is 0. The molecule has 22 heavy (non-hydrogen) atoms. The van der Waals surface area contributed by atoms with Crippen LogP contribution in [-0.4, -0.2) is 45.5 Å². The summed E-state index contributed by atoms with van der Waals surface area (Å²) in [5, 5.41) is 31.2. The SMILES string of the molecule is Cc1ccc(C(=O)N[C@@H]2[C@H](O)[C@H](O)CC[C@@H]2C(=O)NO)cc1. The lowest BCUT2D eigenvalue weighted by Crippen LogP contribution is -2.58. The number of nitrogens with one attached hydrogen (secondary N) is 2. The van der Waals surface area contributed by atoms with Crippen molar-refractivity contribution in [2.45, 2.75) is 38.0 Å². The molecule has 7 nitrogen and oxygen atoms in total. The van der Waals surface area contributed by atoms with E-state index in [9.17, 15) is 19.8 Å². The summed E-state index contributed by atoms with van der Waals surface area (Å²) in [5.41, 5.74) is 2.93. The smallest absolute Gasteiger partial charge is 0.251 e. The van der Waals surface area contributed by atoms with Crippen LogP contribution in [0.5, 0.6) is 0 Å². The lowest BCUT2D eigenvalue weighted by molar-refractivity contribution is -0.140. The highest BCUT2D eigenvalue weighted by Gasteiger charge is 2.42. The summed E-state index contributed by atoms with van der Waals surface area (Å²) in [6.07, 6.45) is -1.82. The minimum Gasteiger partial charge on any atom is -0.390 e. The summed E-state index contributed by atoms with van der Waals surface area (Å²) in [4.78, 5) is 23.9. The molecule has 0 unspecified atom stereocenters. The second-order valence-electron chi connectivity index (χ2n) is 5.58. The van der Waals surface area contributed by atoms with Gasteiger partial charge in [0, 0.05) is 5.56 Å². The molecule has 4 atom stereocenters. The lowest BCUT2D eigenvalue weighted by Gasteiger charge is -2.37. The van der Waals surface area contributed by atoms with Crippen LogP contribution >= 0.6 is 0 Å². The molecule has 2 rings (SSSR count). The Hall–Kier alpha value is -1.96. The van der Waals surface area contributed by atoms with Crippen molar-refractivity contribution in [2.75, 3.05) is 0 Å². The van der Waals surface area contributed by atoms with E-state index in [1.807, 2.05) is 6.92 Å². The molecular formula is C15H20N2O5. The summed E-state index contributed by atoms with van der Waals surface area (Å²) in [5.74, 6) is -1.95. The van der Waals surface area contributed by atoms with Gasteiger partial charge in [0.05, 0.1) is 18.1 Å². The molecular weight excluding hydrogens is 288 g/mol. The molecule has 0 aromatic heterocycles. The molecule has 1 aromatic rings. The number of aryl methyl sites for hydroxylation is 1. The van der Waals surface area contributed by atoms with Gasteiger partial charge in [-0.2, -0.15) is 0 Å². The molecule has 0 bridgehead atoms. The first-order valence-corrected chi connectivity index (χ1v) is 7.11. The van der Waals surface area contributed by atoms with Crippen molar-refractivity contribution in [3.8, 4) is 0 Å². The van der Waals surface area contributed by atoms with E-state index in [2.05, 4.69) is 5.32 Å². The molecule has 7 heteroatoms. The Kier molecular flexibility index (Phi) is 5.12. The van der Waals surface area contributed by atoms with Crippen LogP contribution in [0, 0.1) is 12.8 Å². The predicted octanol–water partition coefficient (Wildman–Crippen LogP) is -0.269. The highest BCUT2D eigenvalue weighted by Crippen LogP contribution is 2.26. The van der Waals surface area contributed by atoms with Crippen LogP contribution in [0.2, 0.25) is 0 Å². The number of hydrogen-bond donors (Lipinski definition) is 5. The normalized spacial score (nSPS) is 28.0. The van der Waals surface area contributed by atoms with Crippen molar-refractivity contribution in [3.63, 3.8) is 0 Å². The molecule has 0 saturated heterocycles. The summed E-state index contributed by atoms with van der Waals surface area (Å²) in [7, 11) is 0. The second-order valence-corrected chi connectivity index (χ2v) is 5.58. The standard InChI is InChI=1S/C15H20N2O5/c1-8-2-4-9(5-3-8)14(20)16-12-10(15(21)17-22)6-7-11(18)13(12)19/h2-5,10-13,18-19,22H,6-7H2,1H3,(H,16,20)(H,17,21)/t10-,11+,12-,13+/m0/s1. The minimum atomic E-state index is -1.27. The largest absolute Gasteiger partial charge is 0.390 e. The topological polar surface area (TPSA) is 119 Å². The minimum absolute atomic E-state index is 0.218. The third kappa shape index (κ3) is 3.44. The molecule has 1 aliphatic rings. The van der Waals surface area contributed by atoms with Gasteiger partial charge in [-0.05, 0) is 31.9 Å². The monoisotopic (exact) mass is 308 g/mol. The molecule has 0 radical (unpaired) electrons. The van der Waals surface area contributed by atoms with Gasteiger partial charge in [0.1, 0.15) is 6.10 Å². The van der Waals surface area contributed by atoms with Gasteiger partial charge in [-0.15, -0.1) is 0 Å². The zero-order chi connectivity index (χ0) is 16.3. The third-order valence-corrected chi connectivity index (χ3v) is 4.03. The Balaban J connectivity index is 2.16. The average molecular weight is 308 g/mol. The molecule has 1 saturated carbocycles. The Morgan fingerprint density at radius 2 is 1.77 bits per heavy atom. The zero-order valence-corrected chi connectivity index (χ0v) is 12.2. The van der Waals surface area contributed by atoms with Crippen molar-refractivity contribution in [3.05, 3.63) is 35.4 Å². The number of aliphatic hydroxyl groups excluding tert-OH is 2. The molecule has 1 aliphatic carbocycles. The number of rotatable bonds is 3. The Bertz CT molecular complexity index is 545. The van der Waals surface area contributed by atoms with Crippen molar-refractivity contribution in [2.24, 2.45) is 5.92 Å². The van der Waals surface area contributed by atoms with Crippen molar-refractivity contribution < 1.29 is 25.0 Å². The van der Waals surface area contributed by atoms with Crippen molar-refractivity contribution in [1.29, 1.82) is 0 Å². The average Bonchev–Trinajstić information content (AvgIpc) is 2.52. The summed E-state index contributed by atoms with van der Waals surface area (Å²) in [6.45, 7) is 1.89. The fourth-order valence-corrected chi connectivity index (χ4v) is 2.68. The molecule has 0 aliphatic heterocycles.